The molecule has 288 valence electrons. The van der Waals surface area contributed by atoms with Gasteiger partial charge in [-0.25, -0.2) is 4.68 Å². The molecule has 0 bridgehead atoms. The van der Waals surface area contributed by atoms with E-state index in [1.54, 1.807) is 6.20 Å². The number of hydrogen-bond acceptors (Lipinski definition) is 21. The first-order chi connectivity index (χ1) is 23.6. The average Bonchev–Trinajstić information content (AvgIpc) is 3.63. The maximum Gasteiger partial charge on any atom is 0.187 e. The molecule has 0 unspecified atom stereocenters. The van der Waals surface area contributed by atoms with Gasteiger partial charge in [-0.2, -0.15) is 0 Å². The summed E-state index contributed by atoms with van der Waals surface area (Å²) in [5.74, 6) is 0. The van der Waals surface area contributed by atoms with E-state index in [1.807, 2.05) is 19.0 Å². The van der Waals surface area contributed by atoms with Gasteiger partial charge in [-0.05, 0) is 20.5 Å². The summed E-state index contributed by atoms with van der Waals surface area (Å²) < 4.78 is 37.6. The Hall–Kier alpha value is -1.62. The zero-order valence-electron chi connectivity index (χ0n) is 28.0. The number of aliphatic hydroxyl groups is 6. The Morgan fingerprint density at radius 3 is 1.76 bits per heavy atom. The normalized spacial score (nSPS) is 47.2. The Bertz CT molecular complexity index is 1220. The van der Waals surface area contributed by atoms with E-state index in [1.165, 1.54) is 4.68 Å². The highest BCUT2D eigenvalue weighted by Crippen LogP contribution is 2.35. The van der Waals surface area contributed by atoms with Crippen molar-refractivity contribution in [1.29, 1.82) is 0 Å². The van der Waals surface area contributed by atoms with Crippen molar-refractivity contribution in [2.24, 2.45) is 34.4 Å². The van der Waals surface area contributed by atoms with Crippen LogP contribution in [0, 0.1) is 0 Å². The molecular formula is C28H54N10O12. The summed E-state index contributed by atoms with van der Waals surface area (Å²) in [6.45, 7) is 0.185. The third-order valence-corrected chi connectivity index (χ3v) is 9.62. The molecule has 3 saturated heterocycles. The van der Waals surface area contributed by atoms with Crippen LogP contribution in [0.5, 0.6) is 0 Å². The fraction of sp³-hybridized carbons (Fsp3) is 0.929. The fourth-order valence-electron chi connectivity index (χ4n) is 6.75. The number of hydrogen-bond donors (Lipinski definition) is 12. The smallest absolute Gasteiger partial charge is 0.187 e. The minimum absolute atomic E-state index is 0.00684. The van der Waals surface area contributed by atoms with Crippen LogP contribution in [0.2, 0.25) is 0 Å². The van der Waals surface area contributed by atoms with Gasteiger partial charge in [0, 0.05) is 37.9 Å². The molecule has 50 heavy (non-hydrogen) atoms. The van der Waals surface area contributed by atoms with Gasteiger partial charge in [-0.3, -0.25) is 0 Å². The van der Waals surface area contributed by atoms with Crippen LogP contribution in [0.1, 0.15) is 12.1 Å². The molecular weight excluding hydrogens is 668 g/mol. The van der Waals surface area contributed by atoms with Crippen LogP contribution in [0.3, 0.4) is 0 Å². The molecule has 4 fully saturated rings. The van der Waals surface area contributed by atoms with Crippen molar-refractivity contribution in [3.8, 4) is 0 Å². The van der Waals surface area contributed by atoms with E-state index in [2.05, 4.69) is 10.3 Å². The highest BCUT2D eigenvalue weighted by molar-refractivity contribution is 5.02. The summed E-state index contributed by atoms with van der Waals surface area (Å²) in [7, 11) is 3.75. The highest BCUT2D eigenvalue weighted by Gasteiger charge is 2.54. The molecule has 22 nitrogen and oxygen atoms in total. The highest BCUT2D eigenvalue weighted by atomic mass is 16.8. The lowest BCUT2D eigenvalue weighted by molar-refractivity contribution is -0.306. The minimum atomic E-state index is -1.57. The fourth-order valence-corrected chi connectivity index (χ4v) is 6.75. The van der Waals surface area contributed by atoms with Gasteiger partial charge < -0.3 is 98.4 Å². The number of aromatic nitrogens is 3. The van der Waals surface area contributed by atoms with Crippen molar-refractivity contribution >= 4 is 0 Å². The molecule has 1 aromatic heterocycles. The van der Waals surface area contributed by atoms with Gasteiger partial charge in [0.05, 0.1) is 30.4 Å². The molecule has 4 heterocycles. The lowest BCUT2D eigenvalue weighted by atomic mass is 9.84. The number of aliphatic hydroxyl groups excluding tert-OH is 6. The molecule has 0 radical (unpaired) electrons. The summed E-state index contributed by atoms with van der Waals surface area (Å²) in [6, 6.07) is -4.19. The van der Waals surface area contributed by atoms with Crippen LogP contribution < -0.4 is 34.4 Å². The number of rotatable bonds is 12. The topological polar surface area (TPSA) is 367 Å². The standard InChI is InChI=1S/C28H54N10O12/c1-37(2)6-9-7-38(36-35-9)8-14-24(49-27-16(34)21(43)19(41)13(5-30)46-27)22(44)28(47-14)50-25-17(39)10(31)3-11(32)23(25)48-26-15(33)20(42)18(40)12(4-29)45-26/h7,10-28,39-44H,3-6,8,29-34H2,1-2H3/t10-,11+,12-,13+,14-,15-,16-,17+,18-,19-,20-,21-,22-,23-,24-,25-,26-,27-,28+/m1/s1. The largest absolute Gasteiger partial charge is 0.389 e. The summed E-state index contributed by atoms with van der Waals surface area (Å²) in [6.07, 6.45) is -17.8. The molecule has 18 N–H and O–H groups in total. The van der Waals surface area contributed by atoms with Crippen LogP contribution in [-0.4, -0.2) is 194 Å². The first-order valence-electron chi connectivity index (χ1n) is 16.6. The van der Waals surface area contributed by atoms with Crippen LogP contribution in [0.15, 0.2) is 6.20 Å². The Balaban J connectivity index is 1.38. The molecule has 1 aliphatic carbocycles. The number of nitrogens with zero attached hydrogens (tertiary/aromatic N) is 4. The van der Waals surface area contributed by atoms with Crippen LogP contribution in [0.25, 0.3) is 0 Å². The third-order valence-electron chi connectivity index (χ3n) is 9.62. The molecule has 0 amide bonds. The van der Waals surface area contributed by atoms with Crippen molar-refractivity contribution < 1.29 is 59.1 Å². The van der Waals surface area contributed by atoms with E-state index < -0.39 is 116 Å². The molecule has 0 aromatic carbocycles. The maximum atomic E-state index is 11.6. The molecule has 5 rings (SSSR count). The van der Waals surface area contributed by atoms with E-state index in [9.17, 15) is 30.6 Å². The van der Waals surface area contributed by atoms with Gasteiger partial charge in [0.2, 0.25) is 0 Å². The lowest BCUT2D eigenvalue weighted by Gasteiger charge is -2.47. The lowest BCUT2D eigenvalue weighted by Crippen LogP contribution is -2.68. The second kappa shape index (κ2) is 16.6. The van der Waals surface area contributed by atoms with Gasteiger partial charge in [0.15, 0.2) is 18.9 Å². The Kier molecular flexibility index (Phi) is 13.1. The Labute approximate surface area is 288 Å². The van der Waals surface area contributed by atoms with E-state index >= 15 is 0 Å². The summed E-state index contributed by atoms with van der Waals surface area (Å²) >= 11 is 0. The second-order valence-corrected chi connectivity index (χ2v) is 13.7. The van der Waals surface area contributed by atoms with Gasteiger partial charge in [-0.15, -0.1) is 5.10 Å². The summed E-state index contributed by atoms with van der Waals surface area (Å²) in [5, 5.41) is 72.9. The first-order valence-corrected chi connectivity index (χ1v) is 16.6. The second-order valence-electron chi connectivity index (χ2n) is 13.7. The van der Waals surface area contributed by atoms with Gasteiger partial charge in [-0.1, -0.05) is 5.21 Å². The van der Waals surface area contributed by atoms with Crippen LogP contribution in [-0.2, 0) is 41.5 Å². The minimum Gasteiger partial charge on any atom is -0.389 e. The number of ether oxygens (including phenoxy) is 6. The van der Waals surface area contributed by atoms with Crippen LogP contribution in [0.4, 0.5) is 0 Å². The molecule has 1 aromatic rings. The predicted molar refractivity (Wildman–Crippen MR) is 169 cm³/mol. The van der Waals surface area contributed by atoms with Crippen molar-refractivity contribution in [1.82, 2.24) is 19.9 Å². The monoisotopic (exact) mass is 722 g/mol. The van der Waals surface area contributed by atoms with E-state index in [0.717, 1.165) is 0 Å². The van der Waals surface area contributed by atoms with Crippen molar-refractivity contribution in [2.75, 3.05) is 27.2 Å². The molecule has 22 heteroatoms. The molecule has 0 spiro atoms. The van der Waals surface area contributed by atoms with Crippen molar-refractivity contribution in [2.45, 2.75) is 136 Å². The maximum absolute atomic E-state index is 11.6. The zero-order valence-corrected chi connectivity index (χ0v) is 28.0. The molecule has 4 aliphatic rings. The average molecular weight is 723 g/mol. The van der Waals surface area contributed by atoms with E-state index in [4.69, 9.17) is 62.8 Å². The molecule has 3 aliphatic heterocycles. The summed E-state index contributed by atoms with van der Waals surface area (Å²) in [4.78, 5) is 1.91. The zero-order chi connectivity index (χ0) is 36.6. The van der Waals surface area contributed by atoms with Crippen LogP contribution >= 0.6 is 0 Å². The van der Waals surface area contributed by atoms with Crippen molar-refractivity contribution in [3.05, 3.63) is 11.9 Å². The third kappa shape index (κ3) is 8.28. The quantitative estimate of drug-likeness (QED) is 0.0952. The Morgan fingerprint density at radius 1 is 0.700 bits per heavy atom. The molecule has 19 atom stereocenters. The van der Waals surface area contributed by atoms with E-state index in [-0.39, 0.29) is 26.1 Å². The first kappa shape index (κ1) is 39.6. The Morgan fingerprint density at radius 2 is 1.22 bits per heavy atom. The van der Waals surface area contributed by atoms with Crippen molar-refractivity contribution in [3.63, 3.8) is 0 Å². The predicted octanol–water partition coefficient (Wildman–Crippen LogP) is -8.53. The summed E-state index contributed by atoms with van der Waals surface area (Å²) in [5.41, 5.74) is 37.0. The number of nitrogens with two attached hydrogens (primary N) is 6. The van der Waals surface area contributed by atoms with Gasteiger partial charge in [0.1, 0.15) is 67.1 Å². The SMILES string of the molecule is CN(C)Cc1cn(C[C@H]2O[C@@H](O[C@@H]3[C@@H](O)[C@H](N)C[C@H](N)[C@H]3O[C@H]3O[C@H](CN)[C@@H](O)[C@H](O)[C@H]3N)[C@H](O)[C@@H]2O[C@H]2O[C@@H](CN)[C@@H](O)[C@H](O)[C@H]2N)nn1. The van der Waals surface area contributed by atoms with Gasteiger partial charge in [0.25, 0.3) is 0 Å². The molecule has 1 saturated carbocycles. The van der Waals surface area contributed by atoms with E-state index in [0.29, 0.717) is 12.2 Å². The van der Waals surface area contributed by atoms with Gasteiger partial charge >= 0.3 is 0 Å².